The molecule has 1 fully saturated rings. The van der Waals surface area contributed by atoms with E-state index in [1.165, 1.54) is 39.8 Å². The van der Waals surface area contributed by atoms with Gasteiger partial charge in [-0.25, -0.2) is 9.59 Å². The van der Waals surface area contributed by atoms with Gasteiger partial charge in [-0.15, -0.1) is 34.7 Å². The van der Waals surface area contributed by atoms with Gasteiger partial charge in [0.25, 0.3) is 5.91 Å². The number of nitrogens with zero attached hydrogens (tertiary/aromatic N) is 1. The number of amides is 2. The smallest absolute Gasteiger partial charge is 0.408 e. The number of alkyl carbamates (subject to hydrolysis) is 1. The fourth-order valence-electron chi connectivity index (χ4n) is 5.44. The first-order chi connectivity index (χ1) is 23.5. The third-order valence-electron chi connectivity index (χ3n) is 7.67. The number of rotatable bonds is 9. The molecule has 1 N–H and O–H groups in total. The van der Waals surface area contributed by atoms with Gasteiger partial charge < -0.3 is 14.8 Å². The van der Waals surface area contributed by atoms with Crippen LogP contribution >= 0.6 is 46.5 Å². The van der Waals surface area contributed by atoms with Crippen molar-refractivity contribution in [3.8, 4) is 0 Å². The summed E-state index contributed by atoms with van der Waals surface area (Å²) in [5, 5.41) is 4.58. The Labute approximate surface area is 301 Å². The number of ether oxygens (including phenoxy) is 2. The van der Waals surface area contributed by atoms with Gasteiger partial charge in [0.05, 0.1) is 4.21 Å². The second kappa shape index (κ2) is 14.8. The minimum absolute atomic E-state index is 0.0899. The topological polar surface area (TPSA) is 102 Å². The normalized spacial score (nSPS) is 17.7. The first-order valence-electron chi connectivity index (χ1n) is 15.5. The molecule has 0 spiro atoms. The summed E-state index contributed by atoms with van der Waals surface area (Å²) in [5.41, 5.74) is 2.35. The number of β-lactam (4-membered cyclic amide) rings is 1. The van der Waals surface area contributed by atoms with Gasteiger partial charge in [-0.05, 0) is 66.7 Å². The van der Waals surface area contributed by atoms with Crippen molar-refractivity contribution in [3.63, 3.8) is 0 Å². The molecule has 1 saturated heterocycles. The third kappa shape index (κ3) is 7.91. The monoisotopic (exact) mass is 732 g/mol. The number of hydrogen-bond acceptors (Lipinski definition) is 9. The van der Waals surface area contributed by atoms with Crippen LogP contribution in [0, 0.1) is 0 Å². The molecule has 6 rings (SSSR count). The van der Waals surface area contributed by atoms with Crippen molar-refractivity contribution in [1.82, 2.24) is 10.2 Å². The van der Waals surface area contributed by atoms with Crippen LogP contribution in [0.5, 0.6) is 0 Å². The molecular formula is C37H33ClN2O6S3. The van der Waals surface area contributed by atoms with Gasteiger partial charge in [-0.3, -0.25) is 14.5 Å². The lowest BCUT2D eigenvalue weighted by atomic mass is 10.0. The molecule has 0 unspecified atom stereocenters. The quantitative estimate of drug-likeness (QED) is 0.0800. The van der Waals surface area contributed by atoms with Gasteiger partial charge in [-0.1, -0.05) is 78.5 Å². The van der Waals surface area contributed by atoms with E-state index in [9.17, 15) is 19.2 Å². The number of benzene rings is 3. The van der Waals surface area contributed by atoms with Crippen molar-refractivity contribution in [2.75, 3.05) is 5.75 Å². The first kappa shape index (κ1) is 34.8. The first-order valence-corrected chi connectivity index (χ1v) is 18.7. The summed E-state index contributed by atoms with van der Waals surface area (Å²) in [5.74, 6) is -0.386. The van der Waals surface area contributed by atoms with Crippen LogP contribution in [0.2, 0.25) is 0 Å². The molecule has 1 aromatic heterocycles. The Kier molecular flexibility index (Phi) is 10.5. The minimum atomic E-state index is -0.866. The number of fused-ring (bicyclic) bond motifs is 2. The lowest BCUT2D eigenvalue weighted by Crippen LogP contribution is -2.70. The van der Waals surface area contributed by atoms with Crippen molar-refractivity contribution in [3.05, 3.63) is 135 Å². The highest BCUT2D eigenvalue weighted by Crippen LogP contribution is 2.42. The molecule has 2 aliphatic rings. The van der Waals surface area contributed by atoms with Crippen molar-refractivity contribution in [1.29, 1.82) is 0 Å². The molecule has 49 heavy (non-hydrogen) atoms. The maximum absolute atomic E-state index is 14.2. The summed E-state index contributed by atoms with van der Waals surface area (Å²) < 4.78 is 13.2. The van der Waals surface area contributed by atoms with Crippen LogP contribution < -0.4 is 10.7 Å². The molecule has 0 saturated carbocycles. The van der Waals surface area contributed by atoms with Crippen molar-refractivity contribution >= 4 is 74.5 Å². The minimum Gasteiger partial charge on any atom is -0.448 e. The van der Waals surface area contributed by atoms with Gasteiger partial charge in [0.15, 0.2) is 11.5 Å². The van der Waals surface area contributed by atoms with E-state index in [1.54, 1.807) is 44.4 Å². The Balaban J connectivity index is 1.32. The molecule has 12 heteroatoms. The summed E-state index contributed by atoms with van der Waals surface area (Å²) >= 11 is 10.3. The summed E-state index contributed by atoms with van der Waals surface area (Å²) in [6.45, 7) is 5.23. The van der Waals surface area contributed by atoms with Crippen LogP contribution in [0.4, 0.5) is 4.79 Å². The average molecular weight is 733 g/mol. The number of nitrogens with one attached hydrogen (secondary N) is 1. The Bertz CT molecular complexity index is 1970. The number of thioether (sulfide) groups is 2. The highest BCUT2D eigenvalue weighted by molar-refractivity contribution is 8.04. The van der Waals surface area contributed by atoms with E-state index >= 15 is 0 Å². The van der Waals surface area contributed by atoms with Crippen LogP contribution in [-0.4, -0.2) is 45.6 Å². The molecule has 4 aromatic rings. The molecule has 0 aliphatic carbocycles. The third-order valence-corrected chi connectivity index (χ3v) is 11.3. The Morgan fingerprint density at radius 1 is 1.02 bits per heavy atom. The van der Waals surface area contributed by atoms with Gasteiger partial charge >= 0.3 is 12.1 Å². The lowest BCUT2D eigenvalue weighted by molar-refractivity contribution is -0.153. The van der Waals surface area contributed by atoms with Crippen LogP contribution in [0.15, 0.2) is 117 Å². The second-order valence-corrected chi connectivity index (χ2v) is 16.0. The van der Waals surface area contributed by atoms with Crippen molar-refractivity contribution in [2.45, 2.75) is 54.0 Å². The molecule has 0 bridgehead atoms. The van der Waals surface area contributed by atoms with Crippen LogP contribution in [0.3, 0.4) is 0 Å². The average Bonchev–Trinajstić information content (AvgIpc) is 3.09. The van der Waals surface area contributed by atoms with E-state index in [-0.39, 0.29) is 11.1 Å². The fraction of sp³-hybridized carbons (Fsp3) is 0.243. The maximum Gasteiger partial charge on any atom is 0.408 e. The van der Waals surface area contributed by atoms with E-state index < -0.39 is 41.1 Å². The van der Waals surface area contributed by atoms with Crippen LogP contribution in [0.1, 0.15) is 43.6 Å². The highest BCUT2D eigenvalue weighted by atomic mass is 35.5. The van der Waals surface area contributed by atoms with Crippen molar-refractivity contribution < 1.29 is 23.9 Å². The number of hydrogen-bond donors (Lipinski definition) is 1. The largest absolute Gasteiger partial charge is 0.448 e. The summed E-state index contributed by atoms with van der Waals surface area (Å²) in [7, 11) is 0. The number of esters is 1. The van der Waals surface area contributed by atoms with Crippen LogP contribution in [0.25, 0.3) is 10.1 Å². The van der Waals surface area contributed by atoms with E-state index in [0.29, 0.717) is 22.6 Å². The molecule has 8 nitrogen and oxygen atoms in total. The summed E-state index contributed by atoms with van der Waals surface area (Å²) in [6, 6.07) is 25.1. The van der Waals surface area contributed by atoms with E-state index in [1.807, 2.05) is 72.8 Å². The van der Waals surface area contributed by atoms with E-state index in [0.717, 1.165) is 25.6 Å². The summed E-state index contributed by atoms with van der Waals surface area (Å²) in [6.07, 6.45) is 0.347. The number of alkyl halides is 1. The Hall–Kier alpha value is -4.03. The number of carbonyl (C=O) groups excluding carboxylic acids is 3. The van der Waals surface area contributed by atoms with E-state index in [2.05, 4.69) is 5.32 Å². The molecule has 3 aromatic carbocycles. The molecule has 3 heterocycles. The molecule has 2 atom stereocenters. The van der Waals surface area contributed by atoms with Crippen molar-refractivity contribution in [2.24, 2.45) is 0 Å². The second-order valence-electron chi connectivity index (χ2n) is 12.3. The predicted molar refractivity (Wildman–Crippen MR) is 197 cm³/mol. The standard InChI is InChI=1S/C37H33ClN2O6S3/c1-37(2,3)46-36(44)39-30-33(42)40-31(35(43)45-32(23-10-6-4-7-11-23)24-12-8-5-9-13-24)25(21-48-34(30)40)16-17-47-29-19-27(41)26-15-14-22(20-38)18-28(26)49-29/h4-19,30,32,34H,20-21H2,1-3H3,(H,39,44)/b17-16+/t30-,34-/m1/s1. The van der Waals surface area contributed by atoms with Gasteiger partial charge in [0, 0.05) is 27.8 Å². The van der Waals surface area contributed by atoms with E-state index in [4.69, 9.17) is 21.1 Å². The van der Waals surface area contributed by atoms with Gasteiger partial charge in [0.2, 0.25) is 0 Å². The summed E-state index contributed by atoms with van der Waals surface area (Å²) in [4.78, 5) is 54.6. The number of allylic oxidation sites excluding steroid dienone is 1. The zero-order valence-corrected chi connectivity index (χ0v) is 30.1. The predicted octanol–water partition coefficient (Wildman–Crippen LogP) is 8.00. The van der Waals surface area contributed by atoms with Gasteiger partial charge in [0.1, 0.15) is 22.7 Å². The van der Waals surface area contributed by atoms with Crippen LogP contribution in [-0.2, 0) is 24.9 Å². The molecule has 2 amide bonds. The molecular weight excluding hydrogens is 700 g/mol. The number of halogens is 1. The highest BCUT2D eigenvalue weighted by Gasteiger charge is 2.54. The molecule has 252 valence electrons. The lowest BCUT2D eigenvalue weighted by Gasteiger charge is -2.49. The Morgan fingerprint density at radius 2 is 1.69 bits per heavy atom. The van der Waals surface area contributed by atoms with Gasteiger partial charge in [-0.2, -0.15) is 0 Å². The molecule has 2 aliphatic heterocycles. The zero-order valence-electron chi connectivity index (χ0n) is 26.9. The Morgan fingerprint density at radius 3 is 2.33 bits per heavy atom. The maximum atomic E-state index is 14.2. The molecule has 0 radical (unpaired) electrons. The zero-order chi connectivity index (χ0) is 34.7. The fourth-order valence-corrected chi connectivity index (χ4v) is 8.97. The SMILES string of the molecule is CC(C)(C)OC(=O)N[C@@H]1C(=O)N2C(C(=O)OC(c3ccccc3)c3ccccc3)=C(/C=C/Sc3cc(=O)c4ccc(CCl)cc4s3)CS[C@H]12. The number of carbonyl (C=O) groups is 3.